The smallest absolute Gasteiger partial charge is 0.407 e. The third-order valence-electron chi connectivity index (χ3n) is 7.55. The molecule has 0 saturated carbocycles. The molecule has 2 atom stereocenters. The fourth-order valence-electron chi connectivity index (χ4n) is 5.25. The monoisotopic (exact) mass is 601 g/mol. The van der Waals surface area contributed by atoms with Gasteiger partial charge in [-0.25, -0.2) is 13.2 Å². The van der Waals surface area contributed by atoms with Crippen LogP contribution in [-0.4, -0.2) is 50.6 Å². The molecule has 3 aromatic carbocycles. The number of hydrogen-bond acceptors (Lipinski definition) is 5. The summed E-state index contributed by atoms with van der Waals surface area (Å²) in [6, 6.07) is 20.1. The van der Waals surface area contributed by atoms with Gasteiger partial charge in [-0.1, -0.05) is 65.7 Å². The fraction of sp³-hybridized carbons (Fsp3) is 0.310. The van der Waals surface area contributed by atoms with Crippen molar-refractivity contribution in [3.63, 3.8) is 0 Å². The highest BCUT2D eigenvalue weighted by atomic mass is 35.5. The molecule has 11 heteroatoms. The average molecular weight is 603 g/mol. The number of para-hydroxylation sites is 1. The number of alkyl carbamates (subject to hydrolysis) is 1. The molecule has 5 rings (SSSR count). The van der Waals surface area contributed by atoms with Gasteiger partial charge in [0.2, 0.25) is 0 Å². The van der Waals surface area contributed by atoms with Crippen molar-refractivity contribution in [2.24, 2.45) is 5.92 Å². The van der Waals surface area contributed by atoms with E-state index in [2.05, 4.69) is 5.32 Å². The first-order chi connectivity index (χ1) is 19.1. The van der Waals surface area contributed by atoms with E-state index in [-0.39, 0.29) is 45.5 Å². The first-order valence-electron chi connectivity index (χ1n) is 12.9. The van der Waals surface area contributed by atoms with Gasteiger partial charge in [0.15, 0.2) is 0 Å². The molecular formula is C29H29Cl2N3O5S. The summed E-state index contributed by atoms with van der Waals surface area (Å²) in [4.78, 5) is 27.0. The molecule has 3 aromatic rings. The van der Waals surface area contributed by atoms with Crippen molar-refractivity contribution in [3.8, 4) is 0 Å². The molecule has 2 amide bonds. The second kappa shape index (κ2) is 11.3. The van der Waals surface area contributed by atoms with E-state index in [1.54, 1.807) is 29.2 Å². The Morgan fingerprint density at radius 1 is 1.07 bits per heavy atom. The zero-order valence-corrected chi connectivity index (χ0v) is 24.2. The van der Waals surface area contributed by atoms with E-state index < -0.39 is 21.7 Å². The highest BCUT2D eigenvalue weighted by Crippen LogP contribution is 2.35. The summed E-state index contributed by atoms with van der Waals surface area (Å²) in [6.07, 6.45) is 1.08. The Hall–Kier alpha value is -3.27. The van der Waals surface area contributed by atoms with E-state index in [1.165, 1.54) is 22.5 Å². The molecule has 2 saturated heterocycles. The quantitative estimate of drug-likeness (QED) is 0.372. The molecule has 2 aliphatic rings. The van der Waals surface area contributed by atoms with E-state index in [9.17, 15) is 18.0 Å². The van der Waals surface area contributed by atoms with Gasteiger partial charge in [-0.15, -0.1) is 0 Å². The molecule has 0 aromatic heterocycles. The van der Waals surface area contributed by atoms with Gasteiger partial charge in [0.05, 0.1) is 38.3 Å². The molecule has 1 N–H and O–H groups in total. The number of benzene rings is 3. The minimum absolute atomic E-state index is 0.0241. The number of carbonyl (C=O) groups excluding carboxylic acids is 2. The predicted molar refractivity (Wildman–Crippen MR) is 154 cm³/mol. The maximum absolute atomic E-state index is 14.1. The van der Waals surface area contributed by atoms with Crippen LogP contribution in [0.4, 0.5) is 10.5 Å². The molecule has 0 spiro atoms. The van der Waals surface area contributed by atoms with E-state index >= 15 is 0 Å². The standard InChI is InChI=1S/C29H29Cl2N3O5S/c1-29(19-39-28(36)32-29)21-10-7-15-33(18-21)27(35)23-16-22(13-14-24(23)30)40(37,38)34(17-20-8-3-2-4-9-20)26-12-6-5-11-25(26)31/h2-6,8-9,11-14,16,21H,7,10,15,17-19H2,1H3,(H,32,36). The van der Waals surface area contributed by atoms with Gasteiger partial charge in [-0.3, -0.25) is 9.10 Å². The van der Waals surface area contributed by atoms with Crippen molar-refractivity contribution in [1.82, 2.24) is 10.2 Å². The van der Waals surface area contributed by atoms with Crippen molar-refractivity contribution in [2.45, 2.75) is 36.7 Å². The average Bonchev–Trinajstić information content (AvgIpc) is 3.32. The second-order valence-electron chi connectivity index (χ2n) is 10.3. The molecule has 2 unspecified atom stereocenters. The molecule has 40 heavy (non-hydrogen) atoms. The maximum Gasteiger partial charge on any atom is 0.407 e. The zero-order chi connectivity index (χ0) is 28.5. The van der Waals surface area contributed by atoms with Gasteiger partial charge < -0.3 is 15.0 Å². The Kier molecular flexibility index (Phi) is 7.99. The van der Waals surface area contributed by atoms with Crippen LogP contribution in [-0.2, 0) is 21.3 Å². The van der Waals surface area contributed by atoms with Crippen LogP contribution >= 0.6 is 23.2 Å². The maximum atomic E-state index is 14.1. The summed E-state index contributed by atoms with van der Waals surface area (Å²) in [5.74, 6) is -0.392. The number of nitrogens with zero attached hydrogens (tertiary/aromatic N) is 2. The van der Waals surface area contributed by atoms with E-state index in [1.807, 2.05) is 37.3 Å². The molecule has 2 heterocycles. The third-order valence-corrected chi connectivity index (χ3v) is 9.95. The Balaban J connectivity index is 1.47. The molecule has 8 nitrogen and oxygen atoms in total. The second-order valence-corrected chi connectivity index (χ2v) is 13.0. The number of carbonyl (C=O) groups is 2. The molecule has 0 aliphatic carbocycles. The highest BCUT2D eigenvalue weighted by molar-refractivity contribution is 7.92. The number of cyclic esters (lactones) is 1. The van der Waals surface area contributed by atoms with Crippen LogP contribution in [0, 0.1) is 5.92 Å². The van der Waals surface area contributed by atoms with Gasteiger partial charge in [0.25, 0.3) is 15.9 Å². The van der Waals surface area contributed by atoms with E-state index in [4.69, 9.17) is 27.9 Å². The molecule has 2 aliphatic heterocycles. The van der Waals surface area contributed by atoms with Crippen molar-refractivity contribution in [2.75, 3.05) is 24.0 Å². The Bertz CT molecular complexity index is 1540. The fourth-order valence-corrected chi connectivity index (χ4v) is 7.24. The predicted octanol–water partition coefficient (Wildman–Crippen LogP) is 5.74. The Morgan fingerprint density at radius 2 is 1.80 bits per heavy atom. The molecule has 0 radical (unpaired) electrons. The van der Waals surface area contributed by atoms with Crippen molar-refractivity contribution in [1.29, 1.82) is 0 Å². The normalized spacial score (nSPS) is 21.0. The van der Waals surface area contributed by atoms with Gasteiger partial charge in [-0.2, -0.15) is 0 Å². The number of amides is 2. The van der Waals surface area contributed by atoms with E-state index in [0.717, 1.165) is 18.4 Å². The van der Waals surface area contributed by atoms with Gasteiger partial charge in [0.1, 0.15) is 6.61 Å². The zero-order valence-electron chi connectivity index (χ0n) is 21.8. The summed E-state index contributed by atoms with van der Waals surface area (Å²) in [7, 11) is -4.16. The van der Waals surface area contributed by atoms with Crippen LogP contribution < -0.4 is 9.62 Å². The molecule has 0 bridgehead atoms. The molecular weight excluding hydrogens is 573 g/mol. The van der Waals surface area contributed by atoms with Crippen molar-refractivity contribution >= 4 is 50.9 Å². The Labute approximate surface area is 243 Å². The lowest BCUT2D eigenvalue weighted by Gasteiger charge is -2.40. The lowest BCUT2D eigenvalue weighted by Crippen LogP contribution is -2.54. The first kappa shape index (κ1) is 28.3. The van der Waals surface area contributed by atoms with Crippen LogP contribution in [0.15, 0.2) is 77.7 Å². The topological polar surface area (TPSA) is 96.0 Å². The third kappa shape index (κ3) is 5.64. The minimum atomic E-state index is -4.16. The number of ether oxygens (including phenoxy) is 1. The summed E-state index contributed by atoms with van der Waals surface area (Å²) in [5, 5.41) is 3.31. The lowest BCUT2D eigenvalue weighted by molar-refractivity contribution is 0.0580. The van der Waals surface area contributed by atoms with Gasteiger partial charge >= 0.3 is 6.09 Å². The number of sulfonamides is 1. The number of rotatable bonds is 7. The van der Waals surface area contributed by atoms with Crippen LogP contribution in [0.5, 0.6) is 0 Å². The van der Waals surface area contributed by atoms with Crippen LogP contribution in [0.25, 0.3) is 0 Å². The van der Waals surface area contributed by atoms with Crippen molar-refractivity contribution < 1.29 is 22.7 Å². The largest absolute Gasteiger partial charge is 0.447 e. The highest BCUT2D eigenvalue weighted by Gasteiger charge is 2.44. The Morgan fingerprint density at radius 3 is 2.50 bits per heavy atom. The number of likely N-dealkylation sites (tertiary alicyclic amines) is 1. The lowest BCUT2D eigenvalue weighted by atomic mass is 9.81. The number of halogens is 2. The van der Waals surface area contributed by atoms with E-state index in [0.29, 0.717) is 18.8 Å². The SMILES string of the molecule is CC1(C2CCCN(C(=O)c3cc(S(=O)(=O)N(Cc4ccccc4)c4ccccc4Cl)ccc3Cl)C2)COC(=O)N1. The van der Waals surface area contributed by atoms with Crippen LogP contribution in [0.2, 0.25) is 10.0 Å². The first-order valence-corrected chi connectivity index (χ1v) is 15.1. The van der Waals surface area contributed by atoms with Gasteiger partial charge in [0, 0.05) is 19.0 Å². The van der Waals surface area contributed by atoms with Crippen molar-refractivity contribution in [3.05, 3.63) is 94.0 Å². The molecule has 2 fully saturated rings. The minimum Gasteiger partial charge on any atom is -0.447 e. The summed E-state index contributed by atoms with van der Waals surface area (Å²) in [5.41, 5.74) is 0.604. The summed E-state index contributed by atoms with van der Waals surface area (Å²) < 4.78 is 34.6. The van der Waals surface area contributed by atoms with Crippen LogP contribution in [0.3, 0.4) is 0 Å². The van der Waals surface area contributed by atoms with Gasteiger partial charge in [-0.05, 0) is 55.7 Å². The summed E-state index contributed by atoms with van der Waals surface area (Å²) >= 11 is 12.9. The number of hydrogen-bond donors (Lipinski definition) is 1. The number of nitrogens with one attached hydrogen (secondary N) is 1. The number of anilines is 1. The summed E-state index contributed by atoms with van der Waals surface area (Å²) in [6.45, 7) is 3.05. The van der Waals surface area contributed by atoms with Crippen LogP contribution in [0.1, 0.15) is 35.7 Å². The number of piperidine rings is 1. The molecule has 210 valence electrons.